The van der Waals surface area contributed by atoms with Crippen LogP contribution in [0.25, 0.3) is 0 Å². The van der Waals surface area contributed by atoms with Gasteiger partial charge in [0.15, 0.2) is 11.6 Å². The molecule has 0 aromatic heterocycles. The third-order valence-electron chi connectivity index (χ3n) is 3.40. The Labute approximate surface area is 132 Å². The number of carboxylic acid groups (broad SMARTS) is 1. The highest BCUT2D eigenvalue weighted by Gasteiger charge is 2.29. The average molecular weight is 346 g/mol. The van der Waals surface area contributed by atoms with Gasteiger partial charge in [0.1, 0.15) is 0 Å². The maximum atomic E-state index is 14.0. The SMILES string of the molecule is COc1c(C(=O)NS(=O)(=O)N2CCCC2)ccc(C(=O)O)c1F. The second-order valence-electron chi connectivity index (χ2n) is 4.86. The van der Waals surface area contributed by atoms with Crippen LogP contribution in [0.15, 0.2) is 12.1 Å². The van der Waals surface area contributed by atoms with E-state index >= 15 is 0 Å². The molecule has 1 aromatic carbocycles. The maximum Gasteiger partial charge on any atom is 0.338 e. The van der Waals surface area contributed by atoms with E-state index in [0.717, 1.165) is 23.5 Å². The Kier molecular flexibility index (Phi) is 4.85. The summed E-state index contributed by atoms with van der Waals surface area (Å²) in [4.78, 5) is 23.0. The fourth-order valence-electron chi connectivity index (χ4n) is 2.26. The number of aromatic carboxylic acids is 1. The van der Waals surface area contributed by atoms with Gasteiger partial charge < -0.3 is 9.84 Å². The van der Waals surface area contributed by atoms with Crippen molar-refractivity contribution in [2.45, 2.75) is 12.8 Å². The van der Waals surface area contributed by atoms with Crippen LogP contribution >= 0.6 is 0 Å². The highest BCUT2D eigenvalue weighted by atomic mass is 32.2. The minimum absolute atomic E-state index is 0.298. The molecule has 8 nitrogen and oxygen atoms in total. The van der Waals surface area contributed by atoms with E-state index < -0.39 is 44.8 Å². The number of benzene rings is 1. The summed E-state index contributed by atoms with van der Waals surface area (Å²) in [5.74, 6) is -4.49. The Morgan fingerprint density at radius 2 is 1.83 bits per heavy atom. The fraction of sp³-hybridized carbons (Fsp3) is 0.385. The van der Waals surface area contributed by atoms with Crippen LogP contribution in [0.4, 0.5) is 4.39 Å². The highest BCUT2D eigenvalue weighted by molar-refractivity contribution is 7.87. The van der Waals surface area contributed by atoms with Crippen LogP contribution in [0, 0.1) is 5.82 Å². The molecular weight excluding hydrogens is 331 g/mol. The summed E-state index contributed by atoms with van der Waals surface area (Å²) < 4.78 is 45.8. The molecule has 1 heterocycles. The Morgan fingerprint density at radius 1 is 1.26 bits per heavy atom. The smallest absolute Gasteiger partial charge is 0.338 e. The monoisotopic (exact) mass is 346 g/mol. The minimum atomic E-state index is -4.03. The lowest BCUT2D eigenvalue weighted by Gasteiger charge is -2.17. The number of ether oxygens (including phenoxy) is 1. The number of methoxy groups -OCH3 is 1. The zero-order valence-corrected chi connectivity index (χ0v) is 13.0. The molecule has 2 rings (SSSR count). The quantitative estimate of drug-likeness (QED) is 0.807. The summed E-state index contributed by atoms with van der Waals surface area (Å²) in [5.41, 5.74) is -1.08. The van der Waals surface area contributed by atoms with E-state index in [-0.39, 0.29) is 0 Å². The van der Waals surface area contributed by atoms with Gasteiger partial charge in [-0.1, -0.05) is 0 Å². The van der Waals surface area contributed by atoms with Crippen LogP contribution in [0.5, 0.6) is 5.75 Å². The van der Waals surface area contributed by atoms with Crippen molar-refractivity contribution in [2.75, 3.05) is 20.2 Å². The molecule has 0 radical (unpaired) electrons. The predicted octanol–water partition coefficient (Wildman–Crippen LogP) is 0.603. The summed E-state index contributed by atoms with van der Waals surface area (Å²) in [6.45, 7) is 0.595. The van der Waals surface area contributed by atoms with Crippen LogP contribution in [0.3, 0.4) is 0 Å². The van der Waals surface area contributed by atoms with Crippen molar-refractivity contribution < 1.29 is 32.2 Å². The molecule has 1 aliphatic rings. The summed E-state index contributed by atoms with van der Waals surface area (Å²) >= 11 is 0. The van der Waals surface area contributed by atoms with E-state index in [1.807, 2.05) is 4.72 Å². The van der Waals surface area contributed by atoms with Crippen LogP contribution in [0.1, 0.15) is 33.6 Å². The van der Waals surface area contributed by atoms with E-state index in [1.54, 1.807) is 0 Å². The number of carboxylic acids is 1. The molecule has 0 aliphatic carbocycles. The van der Waals surface area contributed by atoms with E-state index in [9.17, 15) is 22.4 Å². The van der Waals surface area contributed by atoms with Crippen molar-refractivity contribution in [3.63, 3.8) is 0 Å². The van der Waals surface area contributed by atoms with Crippen molar-refractivity contribution in [1.82, 2.24) is 9.03 Å². The first-order valence-corrected chi connectivity index (χ1v) is 8.14. The van der Waals surface area contributed by atoms with Gasteiger partial charge in [0.2, 0.25) is 0 Å². The van der Waals surface area contributed by atoms with Crippen LogP contribution in [-0.4, -0.2) is 49.9 Å². The first-order chi connectivity index (χ1) is 10.8. The van der Waals surface area contributed by atoms with Crippen molar-refractivity contribution in [3.05, 3.63) is 29.1 Å². The number of carbonyl (C=O) groups is 2. The molecule has 0 unspecified atom stereocenters. The molecule has 1 fully saturated rings. The summed E-state index contributed by atoms with van der Waals surface area (Å²) in [6, 6.07) is 1.87. The Morgan fingerprint density at radius 3 is 2.35 bits per heavy atom. The molecule has 23 heavy (non-hydrogen) atoms. The molecule has 1 saturated heterocycles. The van der Waals surface area contributed by atoms with Gasteiger partial charge in [0, 0.05) is 13.1 Å². The second-order valence-corrected chi connectivity index (χ2v) is 6.53. The van der Waals surface area contributed by atoms with Crippen molar-refractivity contribution in [3.8, 4) is 5.75 Å². The van der Waals surface area contributed by atoms with Gasteiger partial charge in [-0.2, -0.15) is 12.7 Å². The van der Waals surface area contributed by atoms with E-state index in [0.29, 0.717) is 25.9 Å². The average Bonchev–Trinajstić information content (AvgIpc) is 3.00. The number of nitrogens with zero attached hydrogens (tertiary/aromatic N) is 1. The lowest BCUT2D eigenvalue weighted by atomic mass is 10.1. The van der Waals surface area contributed by atoms with Crippen LogP contribution in [-0.2, 0) is 10.2 Å². The number of halogens is 1. The molecule has 0 saturated carbocycles. The molecule has 1 aromatic rings. The van der Waals surface area contributed by atoms with E-state index in [1.165, 1.54) is 0 Å². The fourth-order valence-corrected chi connectivity index (χ4v) is 3.48. The van der Waals surface area contributed by atoms with Gasteiger partial charge in [-0.25, -0.2) is 13.9 Å². The molecule has 0 spiro atoms. The van der Waals surface area contributed by atoms with Gasteiger partial charge in [-0.15, -0.1) is 0 Å². The number of nitrogens with one attached hydrogen (secondary N) is 1. The molecule has 0 atom stereocenters. The normalized spacial score (nSPS) is 15.4. The summed E-state index contributed by atoms with van der Waals surface area (Å²) in [6.07, 6.45) is 1.39. The number of rotatable bonds is 5. The lowest BCUT2D eigenvalue weighted by Crippen LogP contribution is -2.42. The Bertz CT molecular complexity index is 743. The van der Waals surface area contributed by atoms with Gasteiger partial charge >= 0.3 is 16.2 Å². The summed E-state index contributed by atoms with van der Waals surface area (Å²) in [7, 11) is -2.98. The number of hydrogen-bond donors (Lipinski definition) is 2. The number of carbonyl (C=O) groups excluding carboxylic acids is 1. The van der Waals surface area contributed by atoms with Crippen molar-refractivity contribution in [1.29, 1.82) is 0 Å². The first kappa shape index (κ1) is 17.2. The second kappa shape index (κ2) is 6.50. The first-order valence-electron chi connectivity index (χ1n) is 6.70. The molecule has 10 heteroatoms. The van der Waals surface area contributed by atoms with E-state index in [4.69, 9.17) is 9.84 Å². The Balaban J connectivity index is 2.32. The van der Waals surface area contributed by atoms with Gasteiger partial charge in [0.25, 0.3) is 5.91 Å². The van der Waals surface area contributed by atoms with Gasteiger partial charge in [-0.3, -0.25) is 4.79 Å². The van der Waals surface area contributed by atoms with Crippen molar-refractivity contribution in [2.24, 2.45) is 0 Å². The van der Waals surface area contributed by atoms with Crippen LogP contribution in [0.2, 0.25) is 0 Å². The summed E-state index contributed by atoms with van der Waals surface area (Å²) in [5, 5.41) is 8.85. The standard InChI is InChI=1S/C13H15FN2O6S/c1-22-11-9(5-4-8(10(11)14)13(18)19)12(17)15-23(20,21)16-6-2-3-7-16/h4-5H,2-3,6-7H2,1H3,(H,15,17)(H,18,19). The van der Waals surface area contributed by atoms with Gasteiger partial charge in [-0.05, 0) is 25.0 Å². The molecule has 0 bridgehead atoms. The third-order valence-corrected chi connectivity index (χ3v) is 4.89. The number of amides is 1. The van der Waals surface area contributed by atoms with Gasteiger partial charge in [0.05, 0.1) is 18.2 Å². The molecule has 1 amide bonds. The minimum Gasteiger partial charge on any atom is -0.493 e. The molecule has 2 N–H and O–H groups in total. The molecule has 1 aliphatic heterocycles. The zero-order valence-electron chi connectivity index (χ0n) is 12.2. The zero-order chi connectivity index (χ0) is 17.2. The van der Waals surface area contributed by atoms with Crippen LogP contribution < -0.4 is 9.46 Å². The van der Waals surface area contributed by atoms with Crippen molar-refractivity contribution >= 4 is 22.1 Å². The number of hydrogen-bond acceptors (Lipinski definition) is 5. The predicted molar refractivity (Wildman–Crippen MR) is 77.1 cm³/mol. The topological polar surface area (TPSA) is 113 Å². The molecular formula is C13H15FN2O6S. The lowest BCUT2D eigenvalue weighted by molar-refractivity contribution is 0.0690. The molecule has 126 valence electrons. The highest BCUT2D eigenvalue weighted by Crippen LogP contribution is 2.26. The Hall–Kier alpha value is -2.20. The third kappa shape index (κ3) is 3.42. The van der Waals surface area contributed by atoms with E-state index in [2.05, 4.69) is 0 Å². The maximum absolute atomic E-state index is 14.0. The largest absolute Gasteiger partial charge is 0.493 e.